The van der Waals surface area contributed by atoms with Gasteiger partial charge in [-0.3, -0.25) is 14.5 Å². The molecule has 7 heteroatoms. The van der Waals surface area contributed by atoms with Gasteiger partial charge in [0.15, 0.2) is 0 Å². The highest BCUT2D eigenvalue weighted by atomic mass is 16.5. The summed E-state index contributed by atoms with van der Waals surface area (Å²) in [5.74, 6) is -0.326. The van der Waals surface area contributed by atoms with Gasteiger partial charge in [0.25, 0.3) is 0 Å². The summed E-state index contributed by atoms with van der Waals surface area (Å²) in [5.41, 5.74) is 0.127. The third-order valence-electron chi connectivity index (χ3n) is 5.08. The highest BCUT2D eigenvalue weighted by Gasteiger charge is 2.21. The summed E-state index contributed by atoms with van der Waals surface area (Å²) >= 11 is 0. The molecule has 0 saturated carbocycles. The number of nitrogens with zero attached hydrogens (tertiary/aromatic N) is 3. The first kappa shape index (κ1) is 27.1. The summed E-state index contributed by atoms with van der Waals surface area (Å²) in [6, 6.07) is 0. The van der Waals surface area contributed by atoms with Crippen LogP contribution in [0.25, 0.3) is 0 Å². The molecule has 0 unspecified atom stereocenters. The topological polar surface area (TPSA) is 73.7 Å². The smallest absolute Gasteiger partial charge is 0.307 e. The molecule has 0 aliphatic heterocycles. The van der Waals surface area contributed by atoms with Gasteiger partial charge in [0.2, 0.25) is 0 Å². The van der Waals surface area contributed by atoms with Crippen molar-refractivity contribution in [2.24, 2.45) is 5.41 Å². The lowest BCUT2D eigenvalue weighted by Crippen LogP contribution is -2.43. The summed E-state index contributed by atoms with van der Waals surface area (Å²) in [5, 5.41) is 0. The van der Waals surface area contributed by atoms with E-state index in [0.717, 1.165) is 25.9 Å². The van der Waals surface area contributed by atoms with E-state index < -0.39 is 0 Å². The monoisotopic (exact) mass is 437 g/mol. The number of rotatable bonds is 14. The van der Waals surface area contributed by atoms with Gasteiger partial charge in [-0.25, -0.2) is 4.98 Å². The quantitative estimate of drug-likeness (QED) is 0.316. The van der Waals surface area contributed by atoms with Crippen molar-refractivity contribution < 1.29 is 19.1 Å². The van der Waals surface area contributed by atoms with Crippen LogP contribution in [0.1, 0.15) is 80.1 Å². The van der Waals surface area contributed by atoms with E-state index >= 15 is 0 Å². The molecule has 0 spiro atoms. The third-order valence-corrected chi connectivity index (χ3v) is 5.08. The molecule has 178 valence electrons. The predicted molar refractivity (Wildman–Crippen MR) is 123 cm³/mol. The van der Waals surface area contributed by atoms with E-state index in [0.29, 0.717) is 45.4 Å². The zero-order valence-electron chi connectivity index (χ0n) is 20.5. The summed E-state index contributed by atoms with van der Waals surface area (Å²) in [6.45, 7) is 16.1. The van der Waals surface area contributed by atoms with Crippen molar-refractivity contribution in [2.45, 2.75) is 92.2 Å². The highest BCUT2D eigenvalue weighted by molar-refractivity contribution is 5.69. The Balaban J connectivity index is 2.14. The van der Waals surface area contributed by atoms with Crippen LogP contribution in [0.3, 0.4) is 0 Å². The number of aryl methyl sites for hydroxylation is 1. The van der Waals surface area contributed by atoms with E-state index in [-0.39, 0.29) is 22.9 Å². The fraction of sp³-hybridized carbons (Fsp3) is 0.792. The first-order chi connectivity index (χ1) is 14.5. The van der Waals surface area contributed by atoms with Crippen LogP contribution >= 0.6 is 0 Å². The molecular formula is C24H43N3O4. The highest BCUT2D eigenvalue weighted by Crippen LogP contribution is 2.20. The van der Waals surface area contributed by atoms with Gasteiger partial charge in [-0.1, -0.05) is 20.8 Å². The molecule has 31 heavy (non-hydrogen) atoms. The molecule has 0 fully saturated rings. The predicted octanol–water partition coefficient (Wildman–Crippen LogP) is 4.46. The Morgan fingerprint density at radius 1 is 0.903 bits per heavy atom. The summed E-state index contributed by atoms with van der Waals surface area (Å²) < 4.78 is 12.6. The lowest BCUT2D eigenvalue weighted by molar-refractivity contribution is -0.146. The minimum Gasteiger partial charge on any atom is -0.466 e. The lowest BCUT2D eigenvalue weighted by Gasteiger charge is -2.35. The van der Waals surface area contributed by atoms with Crippen molar-refractivity contribution in [3.63, 3.8) is 0 Å². The molecule has 1 aromatic rings. The van der Waals surface area contributed by atoms with Gasteiger partial charge in [-0.05, 0) is 51.9 Å². The Bertz CT molecular complexity index is 630. The average Bonchev–Trinajstić information content (AvgIpc) is 3.17. The van der Waals surface area contributed by atoms with Crippen molar-refractivity contribution in [3.05, 3.63) is 18.7 Å². The van der Waals surface area contributed by atoms with E-state index in [1.54, 1.807) is 6.20 Å². The fourth-order valence-electron chi connectivity index (χ4n) is 3.07. The number of ether oxygens (including phenoxy) is 2. The molecule has 0 N–H and O–H groups in total. The number of carbonyl (C=O) groups is 2. The normalized spacial score (nSPS) is 12.2. The maximum atomic E-state index is 12.1. The molecule has 0 radical (unpaired) electrons. The number of imidazole rings is 1. The third kappa shape index (κ3) is 13.9. The largest absolute Gasteiger partial charge is 0.466 e. The van der Waals surface area contributed by atoms with Crippen LogP contribution in [-0.4, -0.2) is 58.2 Å². The lowest BCUT2D eigenvalue weighted by atomic mass is 9.91. The second-order valence-corrected chi connectivity index (χ2v) is 10.3. The molecule has 1 rings (SSSR count). The van der Waals surface area contributed by atoms with E-state index in [4.69, 9.17) is 9.47 Å². The van der Waals surface area contributed by atoms with Crippen LogP contribution in [0.4, 0.5) is 0 Å². The second kappa shape index (κ2) is 13.5. The van der Waals surface area contributed by atoms with Crippen LogP contribution in [0.5, 0.6) is 0 Å². The number of aromatic nitrogens is 2. The molecule has 0 atom stereocenters. The number of hydrogen-bond acceptors (Lipinski definition) is 6. The Morgan fingerprint density at radius 3 is 2.03 bits per heavy atom. The van der Waals surface area contributed by atoms with Gasteiger partial charge < -0.3 is 14.0 Å². The second-order valence-electron chi connectivity index (χ2n) is 10.3. The number of unbranched alkanes of at least 4 members (excludes halogenated alkanes) is 1. The molecule has 7 nitrogen and oxygen atoms in total. The number of carbonyl (C=O) groups excluding carboxylic acids is 2. The zero-order valence-corrected chi connectivity index (χ0v) is 20.5. The molecule has 0 bridgehead atoms. The molecule has 0 aromatic carbocycles. The van der Waals surface area contributed by atoms with Gasteiger partial charge in [-0.2, -0.15) is 0 Å². The molecule has 0 aliphatic rings. The standard InChI is InChI=1S/C24H43N3O4/c1-23(2,3)12-10-21(28)30-18-7-8-19-31-22(29)11-16-27(24(4,5)6)15-9-14-26-17-13-25-20-26/h13,17,20H,7-12,14-16,18-19H2,1-6H3. The van der Waals surface area contributed by atoms with Crippen molar-refractivity contribution >= 4 is 11.9 Å². The molecular weight excluding hydrogens is 394 g/mol. The Hall–Kier alpha value is -1.89. The first-order valence-corrected chi connectivity index (χ1v) is 11.5. The SMILES string of the molecule is CC(C)(C)CCC(=O)OCCCCOC(=O)CCN(CCCn1ccnc1)C(C)(C)C. The average molecular weight is 438 g/mol. The van der Waals surface area contributed by atoms with E-state index in [1.165, 1.54) is 0 Å². The van der Waals surface area contributed by atoms with Gasteiger partial charge in [0.05, 0.1) is 26.0 Å². The summed E-state index contributed by atoms with van der Waals surface area (Å²) in [7, 11) is 0. The van der Waals surface area contributed by atoms with Crippen LogP contribution in [0.2, 0.25) is 0 Å². The van der Waals surface area contributed by atoms with Crippen molar-refractivity contribution in [2.75, 3.05) is 26.3 Å². The van der Waals surface area contributed by atoms with Crippen LogP contribution in [0, 0.1) is 5.41 Å². The molecule has 1 aromatic heterocycles. The Morgan fingerprint density at radius 2 is 1.52 bits per heavy atom. The van der Waals surface area contributed by atoms with E-state index in [2.05, 4.69) is 56.0 Å². The van der Waals surface area contributed by atoms with Gasteiger partial charge >= 0.3 is 11.9 Å². The minimum absolute atomic E-state index is 0.00785. The van der Waals surface area contributed by atoms with Gasteiger partial charge in [0, 0.05) is 44.0 Å². The maximum absolute atomic E-state index is 12.1. The van der Waals surface area contributed by atoms with Gasteiger partial charge in [-0.15, -0.1) is 0 Å². The van der Waals surface area contributed by atoms with Crippen LogP contribution in [0.15, 0.2) is 18.7 Å². The maximum Gasteiger partial charge on any atom is 0.307 e. The van der Waals surface area contributed by atoms with Crippen molar-refractivity contribution in [1.82, 2.24) is 14.5 Å². The molecule has 0 amide bonds. The van der Waals surface area contributed by atoms with E-state index in [9.17, 15) is 9.59 Å². The number of hydrogen-bond donors (Lipinski definition) is 0. The van der Waals surface area contributed by atoms with Gasteiger partial charge in [0.1, 0.15) is 0 Å². The first-order valence-electron chi connectivity index (χ1n) is 11.5. The molecule has 1 heterocycles. The summed E-state index contributed by atoms with van der Waals surface area (Å²) in [4.78, 5) is 30.2. The molecule has 0 saturated heterocycles. The Kier molecular flexibility index (Phi) is 11.8. The summed E-state index contributed by atoms with van der Waals surface area (Å²) in [6.07, 6.45) is 9.62. The van der Waals surface area contributed by atoms with Crippen molar-refractivity contribution in [1.29, 1.82) is 0 Å². The van der Waals surface area contributed by atoms with Crippen molar-refractivity contribution in [3.8, 4) is 0 Å². The van der Waals surface area contributed by atoms with E-state index in [1.807, 2.05) is 12.5 Å². The molecule has 0 aliphatic carbocycles. The van der Waals surface area contributed by atoms with Crippen LogP contribution in [-0.2, 0) is 25.6 Å². The number of esters is 2. The minimum atomic E-state index is -0.175. The fourth-order valence-corrected chi connectivity index (χ4v) is 3.07. The van der Waals surface area contributed by atoms with Crippen LogP contribution < -0.4 is 0 Å². The Labute approximate surface area is 188 Å². The zero-order chi connectivity index (χ0) is 23.3.